The lowest BCUT2D eigenvalue weighted by atomic mass is 10.2. The van der Waals surface area contributed by atoms with Crippen LogP contribution in [0.1, 0.15) is 28.4 Å². The van der Waals surface area contributed by atoms with Gasteiger partial charge < -0.3 is 9.47 Å². The van der Waals surface area contributed by atoms with Crippen molar-refractivity contribution in [1.29, 1.82) is 0 Å². The zero-order valence-corrected chi connectivity index (χ0v) is 19.0. The summed E-state index contributed by atoms with van der Waals surface area (Å²) >= 11 is 12.3. The smallest absolute Gasteiger partial charge is 0.271 e. The number of rotatable bonds is 9. The van der Waals surface area contributed by atoms with E-state index in [1.807, 2.05) is 19.1 Å². The Morgan fingerprint density at radius 2 is 1.88 bits per heavy atom. The minimum absolute atomic E-state index is 0.111. The van der Waals surface area contributed by atoms with Gasteiger partial charge in [0.15, 0.2) is 11.5 Å². The Hall–Kier alpha value is -3.62. The van der Waals surface area contributed by atoms with Gasteiger partial charge >= 0.3 is 0 Å². The molecule has 0 unspecified atom stereocenters. The van der Waals surface area contributed by atoms with Crippen molar-refractivity contribution in [2.24, 2.45) is 5.10 Å². The van der Waals surface area contributed by atoms with E-state index in [9.17, 15) is 14.9 Å². The lowest BCUT2D eigenvalue weighted by Crippen LogP contribution is -2.17. The molecule has 0 saturated heterocycles. The van der Waals surface area contributed by atoms with Crippen molar-refractivity contribution in [2.45, 2.75) is 13.5 Å². The Balaban J connectivity index is 1.72. The van der Waals surface area contributed by atoms with Crippen LogP contribution >= 0.6 is 23.2 Å². The Morgan fingerprint density at radius 3 is 2.58 bits per heavy atom. The summed E-state index contributed by atoms with van der Waals surface area (Å²) in [5.41, 5.74) is 3.72. The van der Waals surface area contributed by atoms with E-state index in [0.29, 0.717) is 33.7 Å². The molecule has 0 spiro atoms. The predicted molar refractivity (Wildman–Crippen MR) is 127 cm³/mol. The molecule has 0 aromatic heterocycles. The average Bonchev–Trinajstić information content (AvgIpc) is 2.80. The third-order valence-corrected chi connectivity index (χ3v) is 4.86. The van der Waals surface area contributed by atoms with E-state index in [-0.39, 0.29) is 17.9 Å². The van der Waals surface area contributed by atoms with E-state index in [1.165, 1.54) is 30.5 Å². The van der Waals surface area contributed by atoms with Crippen LogP contribution < -0.4 is 14.9 Å². The molecule has 0 bridgehead atoms. The number of non-ortho nitro benzene ring substituents is 1. The highest BCUT2D eigenvalue weighted by Crippen LogP contribution is 2.37. The molecule has 0 fully saturated rings. The first-order valence-electron chi connectivity index (χ1n) is 9.79. The number of carbonyl (C=O) groups excluding carboxylic acids is 1. The monoisotopic (exact) mass is 487 g/mol. The summed E-state index contributed by atoms with van der Waals surface area (Å²) in [5, 5.41) is 15.7. The number of nitro groups is 1. The fourth-order valence-electron chi connectivity index (χ4n) is 2.79. The van der Waals surface area contributed by atoms with Crippen molar-refractivity contribution < 1.29 is 19.2 Å². The number of hydrazone groups is 1. The average molecular weight is 488 g/mol. The number of nitrogens with one attached hydrogen (secondary N) is 1. The first kappa shape index (κ1) is 24.0. The molecule has 3 aromatic carbocycles. The van der Waals surface area contributed by atoms with Crippen molar-refractivity contribution in [3.63, 3.8) is 0 Å². The number of halogens is 2. The minimum Gasteiger partial charge on any atom is -0.490 e. The molecule has 170 valence electrons. The summed E-state index contributed by atoms with van der Waals surface area (Å²) in [4.78, 5) is 22.5. The van der Waals surface area contributed by atoms with Gasteiger partial charge in [-0.1, -0.05) is 41.4 Å². The van der Waals surface area contributed by atoms with E-state index < -0.39 is 10.8 Å². The first-order chi connectivity index (χ1) is 15.9. The molecule has 3 rings (SSSR count). The van der Waals surface area contributed by atoms with Gasteiger partial charge in [-0.3, -0.25) is 14.9 Å². The third kappa shape index (κ3) is 6.68. The second kappa shape index (κ2) is 11.3. The number of benzene rings is 3. The second-order valence-corrected chi connectivity index (χ2v) is 7.53. The zero-order valence-electron chi connectivity index (χ0n) is 17.5. The third-order valence-electron chi connectivity index (χ3n) is 4.33. The van der Waals surface area contributed by atoms with Crippen molar-refractivity contribution in [1.82, 2.24) is 5.43 Å². The summed E-state index contributed by atoms with van der Waals surface area (Å²) in [6.07, 6.45) is 1.38. The maximum Gasteiger partial charge on any atom is 0.271 e. The molecular weight excluding hydrogens is 469 g/mol. The van der Waals surface area contributed by atoms with Gasteiger partial charge in [0, 0.05) is 22.7 Å². The molecule has 10 heteroatoms. The fraction of sp³-hybridized carbons (Fsp3) is 0.130. The fourth-order valence-corrected chi connectivity index (χ4v) is 3.19. The van der Waals surface area contributed by atoms with Gasteiger partial charge in [-0.05, 0) is 48.4 Å². The molecular formula is C23H19Cl2N3O5. The van der Waals surface area contributed by atoms with Gasteiger partial charge in [0.25, 0.3) is 11.6 Å². The molecule has 0 aliphatic carbocycles. The van der Waals surface area contributed by atoms with E-state index in [1.54, 1.807) is 24.3 Å². The summed E-state index contributed by atoms with van der Waals surface area (Å²) in [7, 11) is 0. The van der Waals surface area contributed by atoms with Gasteiger partial charge in [0.05, 0.1) is 22.8 Å². The predicted octanol–water partition coefficient (Wildman–Crippen LogP) is 5.64. The quantitative estimate of drug-likeness (QED) is 0.239. The van der Waals surface area contributed by atoms with Gasteiger partial charge in [-0.15, -0.1) is 0 Å². The molecule has 0 aliphatic rings. The second-order valence-electron chi connectivity index (χ2n) is 6.68. The Bertz CT molecular complexity index is 1180. The molecule has 1 N–H and O–H groups in total. The largest absolute Gasteiger partial charge is 0.490 e. The van der Waals surface area contributed by atoms with Crippen molar-refractivity contribution >= 4 is 41.0 Å². The Morgan fingerprint density at radius 1 is 1.12 bits per heavy atom. The Kier molecular flexibility index (Phi) is 8.23. The maximum atomic E-state index is 12.2. The van der Waals surface area contributed by atoms with E-state index in [4.69, 9.17) is 32.7 Å². The number of hydrogen-bond donors (Lipinski definition) is 1. The topological polar surface area (TPSA) is 103 Å². The molecule has 1 amide bonds. The van der Waals surface area contributed by atoms with Crippen molar-refractivity contribution in [2.75, 3.05) is 6.61 Å². The SMILES string of the molecule is CCOc1cc(/C=N\NC(=O)c2cccc([N+](=O)[O-])c2)cc(Cl)c1OCc1ccc(Cl)cc1. The molecule has 8 nitrogen and oxygen atoms in total. The molecule has 33 heavy (non-hydrogen) atoms. The normalized spacial score (nSPS) is 10.8. The summed E-state index contributed by atoms with van der Waals surface area (Å²) in [5.74, 6) is 0.214. The molecule has 0 atom stereocenters. The van der Waals surface area contributed by atoms with Gasteiger partial charge in [-0.25, -0.2) is 5.43 Å². The molecule has 0 aliphatic heterocycles. The maximum absolute atomic E-state index is 12.2. The summed E-state index contributed by atoms with van der Waals surface area (Å²) in [6, 6.07) is 15.9. The highest BCUT2D eigenvalue weighted by atomic mass is 35.5. The van der Waals surface area contributed by atoms with E-state index in [0.717, 1.165) is 5.56 Å². The lowest BCUT2D eigenvalue weighted by molar-refractivity contribution is -0.384. The number of carbonyl (C=O) groups is 1. The van der Waals surface area contributed by atoms with E-state index >= 15 is 0 Å². The van der Waals surface area contributed by atoms with Gasteiger partial charge in [-0.2, -0.15) is 5.10 Å². The van der Waals surface area contributed by atoms with Gasteiger partial charge in [0.2, 0.25) is 0 Å². The Labute approximate surface area is 199 Å². The minimum atomic E-state index is -0.589. The summed E-state index contributed by atoms with van der Waals surface area (Å²) < 4.78 is 11.5. The van der Waals surface area contributed by atoms with E-state index in [2.05, 4.69) is 10.5 Å². The van der Waals surface area contributed by atoms with Crippen molar-refractivity contribution in [3.05, 3.63) is 97.5 Å². The van der Waals surface area contributed by atoms with Crippen LogP contribution in [0, 0.1) is 10.1 Å². The molecule has 0 saturated carbocycles. The van der Waals surface area contributed by atoms with Crippen LogP contribution in [-0.2, 0) is 6.61 Å². The molecule has 0 heterocycles. The van der Waals surface area contributed by atoms with Crippen LogP contribution in [0.15, 0.2) is 65.8 Å². The van der Waals surface area contributed by atoms with Crippen LogP contribution in [0.4, 0.5) is 5.69 Å². The number of amides is 1. The number of nitrogens with zero attached hydrogens (tertiary/aromatic N) is 2. The summed E-state index contributed by atoms with van der Waals surface area (Å²) in [6.45, 7) is 2.48. The highest BCUT2D eigenvalue weighted by Gasteiger charge is 2.13. The standard InChI is InChI=1S/C23H19Cl2N3O5/c1-2-32-21-11-16(10-20(25)22(21)33-14-15-6-8-18(24)9-7-15)13-26-27-23(29)17-4-3-5-19(12-17)28(30)31/h3-13H,2,14H2,1H3,(H,27,29)/b26-13-. The number of ether oxygens (including phenoxy) is 2. The molecule has 0 radical (unpaired) electrons. The van der Waals surface area contributed by atoms with Gasteiger partial charge in [0.1, 0.15) is 6.61 Å². The van der Waals surface area contributed by atoms with Crippen LogP contribution in [-0.4, -0.2) is 23.7 Å². The van der Waals surface area contributed by atoms with Crippen LogP contribution in [0.3, 0.4) is 0 Å². The van der Waals surface area contributed by atoms with Crippen molar-refractivity contribution in [3.8, 4) is 11.5 Å². The first-order valence-corrected chi connectivity index (χ1v) is 10.5. The number of hydrogen-bond acceptors (Lipinski definition) is 6. The zero-order chi connectivity index (χ0) is 23.8. The van der Waals surface area contributed by atoms with Crippen LogP contribution in [0.2, 0.25) is 10.0 Å². The van der Waals surface area contributed by atoms with Crippen LogP contribution in [0.25, 0.3) is 0 Å². The lowest BCUT2D eigenvalue weighted by Gasteiger charge is -2.14. The highest BCUT2D eigenvalue weighted by molar-refractivity contribution is 6.32. The number of nitro benzene ring substituents is 1. The molecule has 3 aromatic rings. The van der Waals surface area contributed by atoms with Crippen LogP contribution in [0.5, 0.6) is 11.5 Å².